The van der Waals surface area contributed by atoms with Gasteiger partial charge in [0, 0.05) is 23.2 Å². The van der Waals surface area contributed by atoms with E-state index >= 15 is 0 Å². The second kappa shape index (κ2) is 6.45. The van der Waals surface area contributed by atoms with Crippen molar-refractivity contribution in [3.8, 4) is 0 Å². The van der Waals surface area contributed by atoms with Crippen LogP contribution in [0.5, 0.6) is 0 Å². The number of carbonyl (C=O) groups excluding carboxylic acids is 1. The molecule has 4 nitrogen and oxygen atoms in total. The molecule has 116 valence electrons. The third-order valence-corrected chi connectivity index (χ3v) is 4.44. The molecule has 1 aliphatic rings. The van der Waals surface area contributed by atoms with Crippen molar-refractivity contribution in [2.75, 3.05) is 13.1 Å². The smallest absolute Gasteiger partial charge is 0.410 e. The minimum atomic E-state index is -0.487. The van der Waals surface area contributed by atoms with E-state index in [4.69, 9.17) is 11.3 Å². The van der Waals surface area contributed by atoms with Crippen molar-refractivity contribution in [2.45, 2.75) is 36.5 Å². The Morgan fingerprint density at radius 2 is 2.05 bits per heavy atom. The van der Waals surface area contributed by atoms with Crippen molar-refractivity contribution in [3.05, 3.63) is 47.8 Å². The molecule has 1 fully saturated rings. The predicted octanol–water partition coefficient (Wildman–Crippen LogP) is 4.50. The summed E-state index contributed by atoms with van der Waals surface area (Å²) >= 11 is 1.67. The topological polar surface area (TPSA) is 33.9 Å². The number of amides is 1. The highest BCUT2D eigenvalue weighted by Gasteiger charge is 2.32. The molecule has 0 aliphatic carbocycles. The molecule has 1 saturated heterocycles. The highest BCUT2D eigenvalue weighted by molar-refractivity contribution is 8.00. The first kappa shape index (κ1) is 16.4. The molecule has 1 heterocycles. The van der Waals surface area contributed by atoms with Gasteiger partial charge in [0.15, 0.2) is 5.69 Å². The number of thioether (sulfide) groups is 1. The van der Waals surface area contributed by atoms with E-state index in [9.17, 15) is 4.79 Å². The first-order chi connectivity index (χ1) is 10.3. The molecule has 2 rings (SSSR count). The van der Waals surface area contributed by atoms with Gasteiger partial charge in [0.2, 0.25) is 0 Å². The summed E-state index contributed by atoms with van der Waals surface area (Å²) < 4.78 is 5.40. The SMILES string of the molecule is [C-]#[N+]c1ccc(S[C@H]2CN(C(=O)OC(C)(C)C)CC2=C)cc1. The number of hydrogen-bond donors (Lipinski definition) is 0. The fraction of sp³-hybridized carbons (Fsp3) is 0.412. The van der Waals surface area contributed by atoms with Crippen molar-refractivity contribution >= 4 is 23.5 Å². The molecule has 0 spiro atoms. The summed E-state index contributed by atoms with van der Waals surface area (Å²) in [7, 11) is 0. The number of rotatable bonds is 2. The molecule has 5 heteroatoms. The summed E-state index contributed by atoms with van der Waals surface area (Å²) in [5.74, 6) is 0. The van der Waals surface area contributed by atoms with Gasteiger partial charge >= 0.3 is 6.09 Å². The van der Waals surface area contributed by atoms with E-state index in [0.29, 0.717) is 18.8 Å². The van der Waals surface area contributed by atoms with Crippen LogP contribution in [0, 0.1) is 6.57 Å². The lowest BCUT2D eigenvalue weighted by Gasteiger charge is -2.24. The number of nitrogens with zero attached hydrogens (tertiary/aromatic N) is 2. The summed E-state index contributed by atoms with van der Waals surface area (Å²) in [6.07, 6.45) is -0.292. The summed E-state index contributed by atoms with van der Waals surface area (Å²) in [5.41, 5.74) is 1.16. The van der Waals surface area contributed by atoms with Gasteiger partial charge in [0.25, 0.3) is 0 Å². The Kier molecular flexibility index (Phi) is 4.82. The first-order valence-corrected chi connectivity index (χ1v) is 7.96. The van der Waals surface area contributed by atoms with Crippen LogP contribution in [-0.2, 0) is 4.74 Å². The van der Waals surface area contributed by atoms with Crippen molar-refractivity contribution in [1.82, 2.24) is 4.90 Å². The zero-order valence-electron chi connectivity index (χ0n) is 13.1. The largest absolute Gasteiger partial charge is 0.444 e. The molecular formula is C17H20N2O2S. The zero-order valence-corrected chi connectivity index (χ0v) is 13.9. The van der Waals surface area contributed by atoms with Crippen LogP contribution in [0.2, 0.25) is 0 Å². The Labute approximate surface area is 136 Å². The Morgan fingerprint density at radius 3 is 2.59 bits per heavy atom. The normalized spacial score (nSPS) is 18.2. The molecule has 0 bridgehead atoms. The first-order valence-electron chi connectivity index (χ1n) is 7.08. The molecule has 0 radical (unpaired) electrons. The fourth-order valence-corrected chi connectivity index (χ4v) is 3.21. The molecule has 0 aromatic heterocycles. The Balaban J connectivity index is 1.97. The molecular weight excluding hydrogens is 296 g/mol. The molecule has 1 aliphatic heterocycles. The van der Waals surface area contributed by atoms with Crippen LogP contribution < -0.4 is 0 Å². The third kappa shape index (κ3) is 4.28. The van der Waals surface area contributed by atoms with E-state index in [1.54, 1.807) is 28.8 Å². The van der Waals surface area contributed by atoms with Gasteiger partial charge in [-0.25, -0.2) is 9.64 Å². The highest BCUT2D eigenvalue weighted by Crippen LogP contribution is 2.33. The Bertz CT molecular complexity index is 611. The average molecular weight is 316 g/mol. The molecule has 1 aromatic rings. The maximum atomic E-state index is 12.1. The van der Waals surface area contributed by atoms with Gasteiger partial charge in [-0.3, -0.25) is 0 Å². The van der Waals surface area contributed by atoms with E-state index in [-0.39, 0.29) is 11.3 Å². The molecule has 1 aromatic carbocycles. The maximum absolute atomic E-state index is 12.1. The second-order valence-corrected chi connectivity index (χ2v) is 7.51. The van der Waals surface area contributed by atoms with Crippen molar-refractivity contribution in [3.63, 3.8) is 0 Å². The van der Waals surface area contributed by atoms with Crippen LogP contribution in [0.25, 0.3) is 4.85 Å². The number of carbonyl (C=O) groups is 1. The van der Waals surface area contributed by atoms with Crippen molar-refractivity contribution in [1.29, 1.82) is 0 Å². The van der Waals surface area contributed by atoms with Gasteiger partial charge in [-0.05, 0) is 26.3 Å². The minimum absolute atomic E-state index is 0.159. The van der Waals surface area contributed by atoms with E-state index in [0.717, 1.165) is 10.5 Å². The zero-order chi connectivity index (χ0) is 16.3. The van der Waals surface area contributed by atoms with Crippen LogP contribution in [0.1, 0.15) is 20.8 Å². The quantitative estimate of drug-likeness (QED) is 0.595. The lowest BCUT2D eigenvalue weighted by Crippen LogP contribution is -2.35. The molecule has 0 N–H and O–H groups in total. The van der Waals surface area contributed by atoms with Crippen LogP contribution in [0.3, 0.4) is 0 Å². The van der Waals surface area contributed by atoms with E-state index in [1.807, 2.05) is 32.9 Å². The summed E-state index contributed by atoms with van der Waals surface area (Å²) in [6.45, 7) is 17.8. The van der Waals surface area contributed by atoms with Crippen LogP contribution in [-0.4, -0.2) is 34.9 Å². The van der Waals surface area contributed by atoms with Crippen molar-refractivity contribution in [2.24, 2.45) is 0 Å². The van der Waals surface area contributed by atoms with E-state index in [1.165, 1.54) is 0 Å². The highest BCUT2D eigenvalue weighted by atomic mass is 32.2. The summed E-state index contributed by atoms with van der Waals surface area (Å²) in [6, 6.07) is 7.47. The maximum Gasteiger partial charge on any atom is 0.410 e. The molecule has 0 unspecified atom stereocenters. The van der Waals surface area contributed by atoms with Gasteiger partial charge in [0.05, 0.1) is 6.57 Å². The average Bonchev–Trinajstić information content (AvgIpc) is 2.79. The third-order valence-electron chi connectivity index (χ3n) is 3.13. The monoisotopic (exact) mass is 316 g/mol. The van der Waals surface area contributed by atoms with E-state index < -0.39 is 5.60 Å². The second-order valence-electron chi connectivity index (χ2n) is 6.23. The van der Waals surface area contributed by atoms with Gasteiger partial charge in [0.1, 0.15) is 5.60 Å². The minimum Gasteiger partial charge on any atom is -0.444 e. The standard InChI is InChI=1S/C17H20N2O2S/c1-12-10-19(16(20)21-17(2,3)4)11-15(12)22-14-8-6-13(18-5)7-9-14/h6-9,15H,1,10-11H2,2-4H3/t15-/m0/s1. The summed E-state index contributed by atoms with van der Waals surface area (Å²) in [4.78, 5) is 18.3. The molecule has 22 heavy (non-hydrogen) atoms. The van der Waals surface area contributed by atoms with Gasteiger partial charge in [-0.1, -0.05) is 30.8 Å². The Hall–Kier alpha value is -1.93. The summed E-state index contributed by atoms with van der Waals surface area (Å²) in [5, 5.41) is 0.159. The van der Waals surface area contributed by atoms with Crippen LogP contribution in [0.4, 0.5) is 10.5 Å². The van der Waals surface area contributed by atoms with Crippen LogP contribution in [0.15, 0.2) is 41.3 Å². The fourth-order valence-electron chi connectivity index (χ4n) is 2.09. The number of benzene rings is 1. The van der Waals surface area contributed by atoms with Gasteiger partial charge in [-0.2, -0.15) is 0 Å². The number of ether oxygens (including phenoxy) is 1. The predicted molar refractivity (Wildman–Crippen MR) is 89.3 cm³/mol. The van der Waals surface area contributed by atoms with E-state index in [2.05, 4.69) is 11.4 Å². The van der Waals surface area contributed by atoms with Crippen molar-refractivity contribution < 1.29 is 9.53 Å². The van der Waals surface area contributed by atoms with Gasteiger partial charge in [-0.15, -0.1) is 11.8 Å². The lowest BCUT2D eigenvalue weighted by molar-refractivity contribution is 0.0300. The molecule has 1 atom stereocenters. The lowest BCUT2D eigenvalue weighted by atomic mass is 10.2. The van der Waals surface area contributed by atoms with Gasteiger partial charge < -0.3 is 9.64 Å². The number of likely N-dealkylation sites (tertiary alicyclic amines) is 1. The number of hydrogen-bond acceptors (Lipinski definition) is 3. The Morgan fingerprint density at radius 1 is 1.41 bits per heavy atom. The molecule has 1 amide bonds. The van der Waals surface area contributed by atoms with Crippen LogP contribution >= 0.6 is 11.8 Å². The molecule has 0 saturated carbocycles.